The van der Waals surface area contributed by atoms with Crippen molar-refractivity contribution in [3.8, 4) is 5.75 Å². The van der Waals surface area contributed by atoms with Crippen molar-refractivity contribution in [2.45, 2.75) is 217 Å². The summed E-state index contributed by atoms with van der Waals surface area (Å²) in [6, 6.07) is -4.57. The third-order valence-corrected chi connectivity index (χ3v) is 18.4. The van der Waals surface area contributed by atoms with Crippen molar-refractivity contribution >= 4 is 53.2 Å². The minimum absolute atomic E-state index is 0.0231. The first-order valence-electron chi connectivity index (χ1n) is 30.3. The Bertz CT molecular complexity index is 2570. The van der Waals surface area contributed by atoms with Gasteiger partial charge in [0.25, 0.3) is 0 Å². The third-order valence-electron chi connectivity index (χ3n) is 18.4. The highest BCUT2D eigenvalue weighted by molar-refractivity contribution is 6.00. The second kappa shape index (κ2) is 29.1. The van der Waals surface area contributed by atoms with Gasteiger partial charge in [-0.05, 0) is 121 Å². The molecule has 5 rings (SSSR count). The zero-order valence-electron chi connectivity index (χ0n) is 52.7. The summed E-state index contributed by atoms with van der Waals surface area (Å²) in [5, 5.41) is 10.1. The Morgan fingerprint density at radius 2 is 1.42 bits per heavy atom. The molecule has 0 radical (unpaired) electrons. The first-order valence-corrected chi connectivity index (χ1v) is 30.3. The summed E-state index contributed by atoms with van der Waals surface area (Å²) < 4.78 is 51.7. The van der Waals surface area contributed by atoms with E-state index in [9.17, 15) is 47.0 Å². The van der Waals surface area contributed by atoms with Gasteiger partial charge in [-0.25, -0.2) is 4.79 Å². The van der Waals surface area contributed by atoms with E-state index in [-0.39, 0.29) is 76.3 Å². The molecule has 24 heteroatoms. The van der Waals surface area contributed by atoms with Crippen LogP contribution in [0.3, 0.4) is 0 Å². The number of nitrogens with two attached hydrogens (primary N) is 1. The number of likely N-dealkylation sites (N-methyl/N-ethyl adjacent to an activating group) is 5. The SMILES string of the molecule is CCC[C@@H](C(=O)N([C@H](C(=O)N1CCC[C@H]1C(=O)O)[C@@H](C)CC)C(C)(C)C)N(C)C(=O)C[C@@H](C(=O)N(C)C)N(C)C(=O)[C@H](C1CCCC1)N(C)C(=O)C1(N(C)C(=O)[C@@H]2C[C@@H](OCC)CN2C(=O)[C@@H](N)CCc2ccc(C(F)(F)F)c(OC)c2)CCC1. The van der Waals surface area contributed by atoms with E-state index in [0.717, 1.165) is 26.0 Å². The number of hydrogen-bond donors (Lipinski definition) is 2. The molecule has 2 saturated carbocycles. The topological polar surface area (TPSA) is 244 Å². The molecule has 2 saturated heterocycles. The summed E-state index contributed by atoms with van der Waals surface area (Å²) in [4.78, 5) is 142. The quantitative estimate of drug-likeness (QED) is 0.118. The first-order chi connectivity index (χ1) is 39.7. The van der Waals surface area contributed by atoms with Gasteiger partial charge in [-0.15, -0.1) is 0 Å². The number of aryl methyl sites for hydroxylation is 1. The number of carbonyl (C=O) groups excluding carboxylic acids is 8. The molecule has 9 atom stereocenters. The number of nitrogens with zero attached hydrogens (tertiary/aromatic N) is 8. The smallest absolute Gasteiger partial charge is 0.419 e. The lowest BCUT2D eigenvalue weighted by atomic mass is 9.73. The normalized spacial score (nSPS) is 20.9. The van der Waals surface area contributed by atoms with E-state index in [1.54, 1.807) is 27.7 Å². The molecule has 2 aliphatic carbocycles. The average molecular weight is 1200 g/mol. The second-order valence-electron chi connectivity index (χ2n) is 25.1. The van der Waals surface area contributed by atoms with Crippen LogP contribution in [0.2, 0.25) is 0 Å². The average Bonchev–Trinajstić information content (AvgIpc) is 2.01. The molecular weight excluding hydrogens is 1110 g/mol. The van der Waals surface area contributed by atoms with Gasteiger partial charge in [0.05, 0.1) is 31.2 Å². The van der Waals surface area contributed by atoms with Gasteiger partial charge >= 0.3 is 12.1 Å². The summed E-state index contributed by atoms with van der Waals surface area (Å²) in [5.74, 6) is -6.72. The number of methoxy groups -OCH3 is 1. The molecule has 2 heterocycles. The Morgan fingerprint density at radius 3 is 1.94 bits per heavy atom. The molecule has 0 bridgehead atoms. The van der Waals surface area contributed by atoms with Crippen LogP contribution >= 0.6 is 0 Å². The molecule has 8 amide bonds. The Morgan fingerprint density at radius 1 is 0.788 bits per heavy atom. The fraction of sp³-hybridized carbons (Fsp3) is 0.754. The lowest BCUT2D eigenvalue weighted by molar-refractivity contribution is -0.166. The molecule has 4 aliphatic rings. The Hall–Kier alpha value is -6.04. The van der Waals surface area contributed by atoms with Gasteiger partial charge in [0.15, 0.2) is 0 Å². The van der Waals surface area contributed by atoms with Crippen LogP contribution < -0.4 is 10.5 Å². The summed E-state index contributed by atoms with van der Waals surface area (Å²) in [6.07, 6.45) is 0.102. The van der Waals surface area contributed by atoms with E-state index < -0.39 is 137 Å². The summed E-state index contributed by atoms with van der Waals surface area (Å²) in [5.41, 5.74) is 3.59. The lowest BCUT2D eigenvalue weighted by Crippen LogP contribution is -2.68. The van der Waals surface area contributed by atoms with E-state index in [0.29, 0.717) is 44.1 Å². The number of carboxylic acid groups (broad SMARTS) is 1. The summed E-state index contributed by atoms with van der Waals surface area (Å²) in [6.45, 7) is 13.3. The van der Waals surface area contributed by atoms with Gasteiger partial charge in [-0.1, -0.05) is 52.5 Å². The van der Waals surface area contributed by atoms with E-state index in [2.05, 4.69) is 0 Å². The fourth-order valence-corrected chi connectivity index (χ4v) is 13.1. The van der Waals surface area contributed by atoms with Crippen LogP contribution in [-0.2, 0) is 60.5 Å². The van der Waals surface area contributed by atoms with Crippen LogP contribution in [0.5, 0.6) is 5.75 Å². The Labute approximate surface area is 500 Å². The van der Waals surface area contributed by atoms with Crippen molar-refractivity contribution < 1.29 is 70.9 Å². The number of rotatable bonds is 26. The number of hydrogen-bond acceptors (Lipinski definition) is 12. The van der Waals surface area contributed by atoms with E-state index >= 15 is 14.4 Å². The van der Waals surface area contributed by atoms with Crippen LogP contribution in [-0.4, -0.2) is 226 Å². The number of ether oxygens (including phenoxy) is 2. The van der Waals surface area contributed by atoms with Crippen molar-refractivity contribution in [3.63, 3.8) is 0 Å². The number of benzene rings is 1. The van der Waals surface area contributed by atoms with Crippen LogP contribution in [0.25, 0.3) is 0 Å². The molecule has 478 valence electrons. The minimum atomic E-state index is -4.64. The standard InChI is InChI=1S/C61H96F3N9O12/c1-15-22-43(54(78)73(59(5,6)7)49(37(4)16-2)56(80)71-32-20-25-44(71)57(81)82)67(10)48(74)35-45(52(76)66(8)9)68(11)55(79)50(39-23-18-19-24-39)69(12)58(83)60(30-21-31-60)70(13)53(77)46-34-40(85-17-3)36-72(46)51(75)42(65)29-27-38-26-28-41(61(62,63)64)47(33-38)84-14/h26,28,33,37,39-40,42-46,49-50H,15-25,27,29-32,34-36,65H2,1-14H3,(H,81,82)/t37-,40+,42-,43-,44-,45-,46-,49-,50-/m0/s1. The number of halogens is 3. The second-order valence-corrected chi connectivity index (χ2v) is 25.1. The van der Waals surface area contributed by atoms with Gasteiger partial charge < -0.3 is 59.5 Å². The zero-order valence-corrected chi connectivity index (χ0v) is 52.7. The highest BCUT2D eigenvalue weighted by Crippen LogP contribution is 2.43. The fourth-order valence-electron chi connectivity index (χ4n) is 13.1. The van der Waals surface area contributed by atoms with E-state index in [1.807, 2.05) is 20.8 Å². The largest absolute Gasteiger partial charge is 0.496 e. The predicted octanol–water partition coefficient (Wildman–Crippen LogP) is 5.43. The van der Waals surface area contributed by atoms with Crippen LogP contribution in [0.1, 0.15) is 156 Å². The molecule has 0 unspecified atom stereocenters. The molecule has 85 heavy (non-hydrogen) atoms. The minimum Gasteiger partial charge on any atom is -0.496 e. The van der Waals surface area contributed by atoms with E-state index in [1.165, 1.54) is 93.6 Å². The van der Waals surface area contributed by atoms with Gasteiger partial charge in [0, 0.05) is 73.9 Å². The highest BCUT2D eigenvalue weighted by Gasteiger charge is 2.56. The third kappa shape index (κ3) is 15.4. The maximum absolute atomic E-state index is 15.4. The Balaban J connectivity index is 1.41. The van der Waals surface area contributed by atoms with Crippen LogP contribution in [0.4, 0.5) is 13.2 Å². The number of aliphatic carboxylic acids is 1. The van der Waals surface area contributed by atoms with Crippen molar-refractivity contribution in [2.24, 2.45) is 17.6 Å². The van der Waals surface area contributed by atoms with Crippen LogP contribution in [0.15, 0.2) is 18.2 Å². The Kier molecular flexibility index (Phi) is 23.9. The highest BCUT2D eigenvalue weighted by atomic mass is 19.4. The van der Waals surface area contributed by atoms with Crippen molar-refractivity contribution in [1.82, 2.24) is 39.2 Å². The zero-order chi connectivity index (χ0) is 63.8. The molecule has 4 fully saturated rings. The summed E-state index contributed by atoms with van der Waals surface area (Å²) in [7, 11) is 10.0. The number of carboxylic acids is 1. The first kappa shape index (κ1) is 69.7. The molecule has 0 aromatic heterocycles. The summed E-state index contributed by atoms with van der Waals surface area (Å²) >= 11 is 0. The van der Waals surface area contributed by atoms with Gasteiger partial charge in [0.1, 0.15) is 47.5 Å². The van der Waals surface area contributed by atoms with Gasteiger partial charge in [-0.3, -0.25) is 38.4 Å². The molecule has 3 N–H and O–H groups in total. The van der Waals surface area contributed by atoms with Crippen molar-refractivity contribution in [3.05, 3.63) is 29.3 Å². The maximum atomic E-state index is 15.4. The molecule has 1 aromatic carbocycles. The van der Waals surface area contributed by atoms with E-state index in [4.69, 9.17) is 15.2 Å². The number of amides is 8. The number of carbonyl (C=O) groups is 9. The van der Waals surface area contributed by atoms with Crippen molar-refractivity contribution in [1.29, 1.82) is 0 Å². The molecule has 1 aromatic rings. The maximum Gasteiger partial charge on any atom is 0.419 e. The molecule has 2 aliphatic heterocycles. The van der Waals surface area contributed by atoms with Crippen molar-refractivity contribution in [2.75, 3.05) is 69.1 Å². The number of alkyl halides is 3. The lowest BCUT2D eigenvalue weighted by Gasteiger charge is -2.51. The molecule has 21 nitrogen and oxygen atoms in total. The van der Waals surface area contributed by atoms with Crippen LogP contribution in [0, 0.1) is 11.8 Å². The van der Waals surface area contributed by atoms with Gasteiger partial charge in [-0.2, -0.15) is 13.2 Å². The number of likely N-dealkylation sites (tertiary alicyclic amines) is 2. The van der Waals surface area contributed by atoms with Gasteiger partial charge in [0.2, 0.25) is 47.3 Å². The molecule has 0 spiro atoms. The monoisotopic (exact) mass is 1200 g/mol. The molecular formula is C61H96F3N9O12. The predicted molar refractivity (Wildman–Crippen MR) is 311 cm³/mol.